The van der Waals surface area contributed by atoms with E-state index in [-0.39, 0.29) is 0 Å². The van der Waals surface area contributed by atoms with Crippen LogP contribution < -0.4 is 11.1 Å². The minimum atomic E-state index is -0.448. The molecule has 0 saturated carbocycles. The topological polar surface area (TPSA) is 76.7 Å². The molecule has 0 radical (unpaired) electrons. The second kappa shape index (κ2) is 6.27. The summed E-state index contributed by atoms with van der Waals surface area (Å²) in [4.78, 5) is 15.2. The zero-order chi connectivity index (χ0) is 11.9. The number of ether oxygens (including phenoxy) is 1. The van der Waals surface area contributed by atoms with Crippen LogP contribution in [-0.4, -0.2) is 30.6 Å². The number of nitrogens with two attached hydrogens (primary N) is 1. The van der Waals surface area contributed by atoms with E-state index in [4.69, 9.17) is 10.5 Å². The molecule has 0 aliphatic rings. The van der Waals surface area contributed by atoms with Crippen molar-refractivity contribution in [1.82, 2.24) is 5.32 Å². The van der Waals surface area contributed by atoms with Gasteiger partial charge in [-0.1, -0.05) is 0 Å². The number of nitrogens with one attached hydrogen (secondary N) is 1. The number of alkyl carbamates (subject to hydrolysis) is 1. The molecule has 0 saturated heterocycles. The van der Waals surface area contributed by atoms with Crippen LogP contribution in [0.4, 0.5) is 4.79 Å². The van der Waals surface area contributed by atoms with E-state index in [2.05, 4.69) is 10.3 Å². The van der Waals surface area contributed by atoms with Crippen molar-refractivity contribution in [3.8, 4) is 0 Å². The van der Waals surface area contributed by atoms with Crippen molar-refractivity contribution in [2.45, 2.75) is 39.7 Å². The zero-order valence-electron chi connectivity index (χ0n) is 9.96. The van der Waals surface area contributed by atoms with E-state index in [0.717, 1.165) is 6.42 Å². The number of hydrogen-bond acceptors (Lipinski definition) is 3. The average Bonchev–Trinajstić information content (AvgIpc) is 1.99. The first-order valence-corrected chi connectivity index (χ1v) is 5.04. The van der Waals surface area contributed by atoms with Gasteiger partial charge in [-0.25, -0.2) is 4.79 Å². The van der Waals surface area contributed by atoms with Gasteiger partial charge in [0.1, 0.15) is 5.60 Å². The van der Waals surface area contributed by atoms with Gasteiger partial charge in [0.05, 0.1) is 5.84 Å². The van der Waals surface area contributed by atoms with Gasteiger partial charge < -0.3 is 15.8 Å². The Morgan fingerprint density at radius 3 is 2.53 bits per heavy atom. The van der Waals surface area contributed by atoms with Gasteiger partial charge in [0.2, 0.25) is 0 Å². The van der Waals surface area contributed by atoms with Crippen LogP contribution >= 0.6 is 0 Å². The number of hydrogen-bond donors (Lipinski definition) is 2. The van der Waals surface area contributed by atoms with Crippen LogP contribution in [-0.2, 0) is 4.74 Å². The third-order valence-corrected chi connectivity index (χ3v) is 1.36. The Morgan fingerprint density at radius 1 is 1.47 bits per heavy atom. The van der Waals surface area contributed by atoms with Gasteiger partial charge in [0.15, 0.2) is 0 Å². The number of amidine groups is 1. The van der Waals surface area contributed by atoms with Crippen molar-refractivity contribution in [2.75, 3.05) is 13.1 Å². The SMILES string of the molecule is CC(N)=NCCCNC(=O)OC(C)(C)C. The fourth-order valence-corrected chi connectivity index (χ4v) is 0.839. The zero-order valence-corrected chi connectivity index (χ0v) is 9.96. The van der Waals surface area contributed by atoms with Gasteiger partial charge in [0, 0.05) is 13.1 Å². The monoisotopic (exact) mass is 215 g/mol. The van der Waals surface area contributed by atoms with Gasteiger partial charge in [0.25, 0.3) is 0 Å². The largest absolute Gasteiger partial charge is 0.444 e. The molecule has 0 aliphatic carbocycles. The van der Waals surface area contributed by atoms with Crippen molar-refractivity contribution >= 4 is 11.9 Å². The third kappa shape index (κ3) is 10.7. The Balaban J connectivity index is 3.52. The molecule has 0 atom stereocenters. The van der Waals surface area contributed by atoms with Crippen molar-refractivity contribution in [1.29, 1.82) is 0 Å². The molecule has 0 bridgehead atoms. The predicted molar refractivity (Wildman–Crippen MR) is 61.0 cm³/mol. The lowest BCUT2D eigenvalue weighted by atomic mass is 10.2. The maximum absolute atomic E-state index is 11.2. The summed E-state index contributed by atoms with van der Waals surface area (Å²) in [7, 11) is 0. The number of amides is 1. The lowest BCUT2D eigenvalue weighted by Gasteiger charge is -2.19. The number of aliphatic imine (C=N–C) groups is 1. The van der Waals surface area contributed by atoms with E-state index >= 15 is 0 Å². The molecule has 0 aromatic rings. The van der Waals surface area contributed by atoms with Crippen molar-refractivity contribution < 1.29 is 9.53 Å². The molecule has 1 amide bonds. The minimum Gasteiger partial charge on any atom is -0.444 e. The summed E-state index contributed by atoms with van der Waals surface area (Å²) < 4.78 is 5.05. The highest BCUT2D eigenvalue weighted by Gasteiger charge is 2.15. The van der Waals surface area contributed by atoms with Crippen LogP contribution in [0.2, 0.25) is 0 Å². The lowest BCUT2D eigenvalue weighted by Crippen LogP contribution is -2.33. The van der Waals surface area contributed by atoms with Gasteiger partial charge in [-0.2, -0.15) is 0 Å². The summed E-state index contributed by atoms with van der Waals surface area (Å²) in [6.07, 6.45) is 0.365. The maximum atomic E-state index is 11.2. The molecule has 0 aliphatic heterocycles. The molecule has 3 N–H and O–H groups in total. The molecule has 0 aromatic carbocycles. The molecule has 0 unspecified atom stereocenters. The normalized spacial score (nSPS) is 12.4. The molecule has 0 rings (SSSR count). The van der Waals surface area contributed by atoms with E-state index in [1.165, 1.54) is 0 Å². The van der Waals surface area contributed by atoms with Crippen molar-refractivity contribution in [3.05, 3.63) is 0 Å². The molecular formula is C10H21N3O2. The van der Waals surface area contributed by atoms with Crippen LogP contribution in [0.15, 0.2) is 4.99 Å². The summed E-state index contributed by atoms with van der Waals surface area (Å²) in [6.45, 7) is 8.39. The highest BCUT2D eigenvalue weighted by Crippen LogP contribution is 2.06. The first-order valence-electron chi connectivity index (χ1n) is 5.04. The summed E-state index contributed by atoms with van der Waals surface area (Å²) in [5.74, 6) is 0.562. The summed E-state index contributed by atoms with van der Waals surface area (Å²) in [5, 5.41) is 2.64. The first kappa shape index (κ1) is 13.7. The summed E-state index contributed by atoms with van der Waals surface area (Å²) in [6, 6.07) is 0. The maximum Gasteiger partial charge on any atom is 0.407 e. The second-order valence-corrected chi connectivity index (χ2v) is 4.31. The standard InChI is InChI=1S/C10H21N3O2/c1-8(11)12-6-5-7-13-9(14)15-10(2,3)4/h5-7H2,1-4H3,(H2,11,12)(H,13,14). The Bertz CT molecular complexity index is 227. The Hall–Kier alpha value is -1.26. The highest BCUT2D eigenvalue weighted by atomic mass is 16.6. The molecule has 5 heteroatoms. The predicted octanol–water partition coefficient (Wildman–Crippen LogP) is 1.28. The first-order chi connectivity index (χ1) is 6.81. The van der Waals surface area contributed by atoms with Gasteiger partial charge >= 0.3 is 6.09 Å². The van der Waals surface area contributed by atoms with Gasteiger partial charge in [-0.3, -0.25) is 4.99 Å². The van der Waals surface area contributed by atoms with E-state index in [0.29, 0.717) is 18.9 Å². The molecule has 88 valence electrons. The lowest BCUT2D eigenvalue weighted by molar-refractivity contribution is 0.0527. The molecule has 15 heavy (non-hydrogen) atoms. The van der Waals surface area contributed by atoms with Crippen LogP contribution in [0, 0.1) is 0 Å². The minimum absolute atomic E-state index is 0.393. The molecule has 0 spiro atoms. The number of carbonyl (C=O) groups is 1. The van der Waals surface area contributed by atoms with E-state index in [9.17, 15) is 4.79 Å². The number of nitrogens with zero attached hydrogens (tertiary/aromatic N) is 1. The molecular weight excluding hydrogens is 194 g/mol. The van der Waals surface area contributed by atoms with Crippen molar-refractivity contribution in [3.63, 3.8) is 0 Å². The van der Waals surface area contributed by atoms with Crippen LogP contribution in [0.3, 0.4) is 0 Å². The van der Waals surface area contributed by atoms with E-state index < -0.39 is 11.7 Å². The van der Waals surface area contributed by atoms with Crippen LogP contribution in [0.1, 0.15) is 34.1 Å². The number of carbonyl (C=O) groups excluding carboxylic acids is 1. The third-order valence-electron chi connectivity index (χ3n) is 1.36. The fraction of sp³-hybridized carbons (Fsp3) is 0.800. The smallest absolute Gasteiger partial charge is 0.407 e. The molecule has 0 heterocycles. The fourth-order valence-electron chi connectivity index (χ4n) is 0.839. The average molecular weight is 215 g/mol. The van der Waals surface area contributed by atoms with Crippen molar-refractivity contribution in [2.24, 2.45) is 10.7 Å². The van der Waals surface area contributed by atoms with E-state index in [1.807, 2.05) is 20.8 Å². The Kier molecular flexibility index (Phi) is 5.74. The van der Waals surface area contributed by atoms with E-state index in [1.54, 1.807) is 6.92 Å². The number of rotatable bonds is 4. The highest BCUT2D eigenvalue weighted by molar-refractivity contribution is 5.77. The summed E-state index contributed by atoms with van der Waals surface area (Å²) >= 11 is 0. The quantitative estimate of drug-likeness (QED) is 0.421. The van der Waals surface area contributed by atoms with Crippen LogP contribution in [0.5, 0.6) is 0 Å². The molecule has 5 nitrogen and oxygen atoms in total. The second-order valence-electron chi connectivity index (χ2n) is 4.31. The molecule has 0 fully saturated rings. The Labute approximate surface area is 91.1 Å². The molecule has 0 aromatic heterocycles. The van der Waals surface area contributed by atoms with Crippen LogP contribution in [0.25, 0.3) is 0 Å². The summed E-state index contributed by atoms with van der Waals surface area (Å²) in [5.41, 5.74) is 4.91. The Morgan fingerprint density at radius 2 is 2.07 bits per heavy atom. The van der Waals surface area contributed by atoms with Gasteiger partial charge in [-0.15, -0.1) is 0 Å². The van der Waals surface area contributed by atoms with Gasteiger partial charge in [-0.05, 0) is 34.1 Å².